The summed E-state index contributed by atoms with van der Waals surface area (Å²) in [6.07, 6.45) is 0. The molecule has 4 nitrogen and oxygen atoms in total. The molecule has 0 heterocycles. The number of halogens is 1. The molecule has 0 aromatic heterocycles. The van der Waals surface area contributed by atoms with Gasteiger partial charge in [0.2, 0.25) is 0 Å². The SMILES string of the molecule is N#Cc1ccc(NCC(C(=O)O)c2ccccc2)c(F)c1. The zero-order valence-electron chi connectivity index (χ0n) is 11.1. The lowest BCUT2D eigenvalue weighted by Gasteiger charge is -2.15. The van der Waals surface area contributed by atoms with Crippen LogP contribution < -0.4 is 5.32 Å². The molecule has 2 aromatic rings. The number of rotatable bonds is 5. The van der Waals surface area contributed by atoms with Gasteiger partial charge in [-0.05, 0) is 23.8 Å². The molecule has 1 unspecified atom stereocenters. The van der Waals surface area contributed by atoms with Crippen LogP contribution in [0.25, 0.3) is 0 Å². The summed E-state index contributed by atoms with van der Waals surface area (Å²) in [5, 5.41) is 20.7. The van der Waals surface area contributed by atoms with E-state index in [0.717, 1.165) is 6.07 Å². The largest absolute Gasteiger partial charge is 0.481 e. The Hall–Kier alpha value is -2.87. The van der Waals surface area contributed by atoms with Gasteiger partial charge in [0.05, 0.1) is 23.2 Å². The number of aliphatic carboxylic acids is 1. The van der Waals surface area contributed by atoms with Crippen molar-refractivity contribution in [1.29, 1.82) is 5.26 Å². The van der Waals surface area contributed by atoms with Gasteiger partial charge in [-0.15, -0.1) is 0 Å². The van der Waals surface area contributed by atoms with E-state index in [-0.39, 0.29) is 17.8 Å². The van der Waals surface area contributed by atoms with Crippen molar-refractivity contribution < 1.29 is 14.3 Å². The summed E-state index contributed by atoms with van der Waals surface area (Å²) in [4.78, 5) is 11.3. The molecule has 0 radical (unpaired) electrons. The minimum absolute atomic E-state index is 0.0577. The summed E-state index contributed by atoms with van der Waals surface area (Å²) in [5.74, 6) is -2.34. The molecule has 0 spiro atoms. The highest BCUT2D eigenvalue weighted by Gasteiger charge is 2.19. The normalized spacial score (nSPS) is 11.4. The van der Waals surface area contributed by atoms with Gasteiger partial charge in [-0.1, -0.05) is 30.3 Å². The molecular formula is C16H13FN2O2. The molecule has 0 saturated heterocycles. The van der Waals surface area contributed by atoms with Crippen molar-refractivity contribution in [2.45, 2.75) is 5.92 Å². The number of hydrogen-bond donors (Lipinski definition) is 2. The third kappa shape index (κ3) is 3.57. The zero-order valence-corrected chi connectivity index (χ0v) is 11.1. The number of nitriles is 1. The molecule has 0 aliphatic rings. The second-order valence-electron chi connectivity index (χ2n) is 4.49. The van der Waals surface area contributed by atoms with E-state index in [9.17, 15) is 14.3 Å². The molecule has 0 bridgehead atoms. The third-order valence-electron chi connectivity index (χ3n) is 3.09. The van der Waals surface area contributed by atoms with Gasteiger partial charge in [0.15, 0.2) is 0 Å². The Labute approximate surface area is 121 Å². The monoisotopic (exact) mass is 284 g/mol. The molecule has 106 valence electrons. The number of carbonyl (C=O) groups is 1. The van der Waals surface area contributed by atoms with Crippen molar-refractivity contribution in [3.63, 3.8) is 0 Å². The Kier molecular flexibility index (Phi) is 4.52. The van der Waals surface area contributed by atoms with Crippen LogP contribution in [0, 0.1) is 17.1 Å². The highest BCUT2D eigenvalue weighted by atomic mass is 19.1. The summed E-state index contributed by atoms with van der Waals surface area (Å²) in [5.41, 5.74) is 1.04. The topological polar surface area (TPSA) is 73.1 Å². The molecule has 0 saturated carbocycles. The fourth-order valence-corrected chi connectivity index (χ4v) is 1.97. The molecule has 0 aliphatic carbocycles. The van der Waals surface area contributed by atoms with Gasteiger partial charge in [0.1, 0.15) is 5.82 Å². The number of carboxylic acids is 1. The van der Waals surface area contributed by atoms with Crippen LogP contribution in [-0.2, 0) is 4.79 Å². The van der Waals surface area contributed by atoms with Crippen LogP contribution in [0.2, 0.25) is 0 Å². The maximum Gasteiger partial charge on any atom is 0.312 e. The van der Waals surface area contributed by atoms with Gasteiger partial charge < -0.3 is 10.4 Å². The van der Waals surface area contributed by atoms with Crippen molar-refractivity contribution >= 4 is 11.7 Å². The fraction of sp³-hybridized carbons (Fsp3) is 0.125. The van der Waals surface area contributed by atoms with E-state index in [1.807, 2.05) is 6.07 Å². The van der Waals surface area contributed by atoms with E-state index < -0.39 is 17.7 Å². The standard InChI is InChI=1S/C16H13FN2O2/c17-14-8-11(9-18)6-7-15(14)19-10-13(16(20)21)12-4-2-1-3-5-12/h1-8,13,19H,10H2,(H,20,21). The van der Waals surface area contributed by atoms with Crippen LogP contribution in [0.3, 0.4) is 0 Å². The van der Waals surface area contributed by atoms with Gasteiger partial charge in [-0.25, -0.2) is 4.39 Å². The van der Waals surface area contributed by atoms with Crippen molar-refractivity contribution in [3.8, 4) is 6.07 Å². The predicted molar refractivity (Wildman–Crippen MR) is 76.4 cm³/mol. The first-order valence-corrected chi connectivity index (χ1v) is 6.33. The minimum Gasteiger partial charge on any atom is -0.481 e. The number of hydrogen-bond acceptors (Lipinski definition) is 3. The first-order chi connectivity index (χ1) is 10.1. The van der Waals surface area contributed by atoms with E-state index in [2.05, 4.69) is 5.32 Å². The number of nitrogens with one attached hydrogen (secondary N) is 1. The lowest BCUT2D eigenvalue weighted by Crippen LogP contribution is -2.21. The smallest absolute Gasteiger partial charge is 0.312 e. The zero-order chi connectivity index (χ0) is 15.2. The Morgan fingerprint density at radius 3 is 2.57 bits per heavy atom. The molecule has 2 rings (SSSR count). The van der Waals surface area contributed by atoms with Crippen LogP contribution in [-0.4, -0.2) is 17.6 Å². The number of anilines is 1. The number of benzene rings is 2. The Bertz CT molecular complexity index is 680. The van der Waals surface area contributed by atoms with E-state index in [1.165, 1.54) is 12.1 Å². The molecule has 2 aromatic carbocycles. The van der Waals surface area contributed by atoms with Crippen LogP contribution in [0.1, 0.15) is 17.0 Å². The summed E-state index contributed by atoms with van der Waals surface area (Å²) in [7, 11) is 0. The maximum absolute atomic E-state index is 13.7. The minimum atomic E-state index is -0.984. The molecule has 0 fully saturated rings. The molecule has 0 amide bonds. The third-order valence-corrected chi connectivity index (χ3v) is 3.09. The molecular weight excluding hydrogens is 271 g/mol. The molecule has 21 heavy (non-hydrogen) atoms. The first-order valence-electron chi connectivity index (χ1n) is 6.33. The van der Waals surface area contributed by atoms with Gasteiger partial charge in [0, 0.05) is 6.54 Å². The van der Waals surface area contributed by atoms with Crippen molar-refractivity contribution in [2.24, 2.45) is 0 Å². The van der Waals surface area contributed by atoms with Crippen molar-refractivity contribution in [3.05, 3.63) is 65.5 Å². The molecule has 1 atom stereocenters. The number of carboxylic acid groups (broad SMARTS) is 1. The van der Waals surface area contributed by atoms with E-state index in [0.29, 0.717) is 5.56 Å². The van der Waals surface area contributed by atoms with Gasteiger partial charge in [0.25, 0.3) is 0 Å². The van der Waals surface area contributed by atoms with Crippen LogP contribution in [0.5, 0.6) is 0 Å². The van der Waals surface area contributed by atoms with Crippen molar-refractivity contribution in [1.82, 2.24) is 0 Å². The Balaban J connectivity index is 2.13. The lowest BCUT2D eigenvalue weighted by molar-refractivity contribution is -0.138. The Morgan fingerprint density at radius 1 is 1.29 bits per heavy atom. The molecule has 0 aliphatic heterocycles. The van der Waals surface area contributed by atoms with Crippen LogP contribution >= 0.6 is 0 Å². The average Bonchev–Trinajstić information content (AvgIpc) is 2.49. The Morgan fingerprint density at radius 2 is 2.00 bits per heavy atom. The summed E-state index contributed by atoms with van der Waals surface area (Å²) in [6, 6.07) is 14.6. The maximum atomic E-state index is 13.7. The molecule has 5 heteroatoms. The second-order valence-corrected chi connectivity index (χ2v) is 4.49. The van der Waals surface area contributed by atoms with Gasteiger partial charge in [-0.2, -0.15) is 5.26 Å². The average molecular weight is 284 g/mol. The van der Waals surface area contributed by atoms with Crippen LogP contribution in [0.4, 0.5) is 10.1 Å². The summed E-state index contributed by atoms with van der Waals surface area (Å²) < 4.78 is 13.7. The van der Waals surface area contributed by atoms with E-state index in [1.54, 1.807) is 30.3 Å². The summed E-state index contributed by atoms with van der Waals surface area (Å²) >= 11 is 0. The van der Waals surface area contributed by atoms with E-state index in [4.69, 9.17) is 5.26 Å². The fourth-order valence-electron chi connectivity index (χ4n) is 1.97. The summed E-state index contributed by atoms with van der Waals surface area (Å²) in [6.45, 7) is 0.0577. The highest BCUT2D eigenvalue weighted by molar-refractivity contribution is 5.77. The molecule has 2 N–H and O–H groups in total. The highest BCUT2D eigenvalue weighted by Crippen LogP contribution is 2.20. The van der Waals surface area contributed by atoms with Crippen LogP contribution in [0.15, 0.2) is 48.5 Å². The van der Waals surface area contributed by atoms with Gasteiger partial charge in [-0.3, -0.25) is 4.79 Å². The van der Waals surface area contributed by atoms with Crippen molar-refractivity contribution in [2.75, 3.05) is 11.9 Å². The quantitative estimate of drug-likeness (QED) is 0.885. The van der Waals surface area contributed by atoms with E-state index >= 15 is 0 Å². The number of nitrogens with zero attached hydrogens (tertiary/aromatic N) is 1. The second kappa shape index (κ2) is 6.53. The van der Waals surface area contributed by atoms with Gasteiger partial charge >= 0.3 is 5.97 Å². The first kappa shape index (κ1) is 14.5. The predicted octanol–water partition coefficient (Wildman–Crippen LogP) is 2.98. The lowest BCUT2D eigenvalue weighted by atomic mass is 9.99.